The average molecular weight is 291 g/mol. The molecule has 1 N–H and O–H groups in total. The van der Waals surface area contributed by atoms with E-state index in [2.05, 4.69) is 50.4 Å². The normalized spacial score (nSPS) is 12.3. The Morgan fingerprint density at radius 3 is 2.29 bits per heavy atom. The summed E-state index contributed by atoms with van der Waals surface area (Å²) in [6.07, 6.45) is 8.88. The van der Waals surface area contributed by atoms with Crippen LogP contribution in [0.15, 0.2) is 24.3 Å². The molecular formula is C19H33NO. The van der Waals surface area contributed by atoms with Crippen LogP contribution in [0, 0.1) is 0 Å². The number of hydrogen-bond acceptors (Lipinski definition) is 2. The molecule has 0 aliphatic heterocycles. The van der Waals surface area contributed by atoms with Gasteiger partial charge in [0.2, 0.25) is 0 Å². The van der Waals surface area contributed by atoms with Crippen molar-refractivity contribution in [1.82, 2.24) is 5.32 Å². The molecule has 0 aliphatic rings. The predicted molar refractivity (Wildman–Crippen MR) is 91.9 cm³/mol. The van der Waals surface area contributed by atoms with Gasteiger partial charge in [0.15, 0.2) is 0 Å². The van der Waals surface area contributed by atoms with E-state index in [1.54, 1.807) is 0 Å². The van der Waals surface area contributed by atoms with Crippen LogP contribution in [0.5, 0.6) is 5.75 Å². The highest BCUT2D eigenvalue weighted by Gasteiger charge is 2.01. The molecule has 120 valence electrons. The largest absolute Gasteiger partial charge is 0.494 e. The van der Waals surface area contributed by atoms with Crippen LogP contribution in [0.4, 0.5) is 0 Å². The van der Waals surface area contributed by atoms with Crippen LogP contribution in [0.3, 0.4) is 0 Å². The molecule has 0 bridgehead atoms. The zero-order valence-electron chi connectivity index (χ0n) is 14.2. The van der Waals surface area contributed by atoms with Crippen molar-refractivity contribution in [3.05, 3.63) is 29.8 Å². The lowest BCUT2D eigenvalue weighted by Crippen LogP contribution is -2.25. The lowest BCUT2D eigenvalue weighted by Gasteiger charge is -2.14. The summed E-state index contributed by atoms with van der Waals surface area (Å²) in [5, 5.41) is 3.60. The highest BCUT2D eigenvalue weighted by Crippen LogP contribution is 2.13. The Morgan fingerprint density at radius 2 is 1.62 bits per heavy atom. The Labute approximate surface area is 131 Å². The Kier molecular flexibility index (Phi) is 9.98. The second-order valence-corrected chi connectivity index (χ2v) is 5.98. The summed E-state index contributed by atoms with van der Waals surface area (Å²) >= 11 is 0. The number of benzene rings is 1. The van der Waals surface area contributed by atoms with Gasteiger partial charge in [-0.1, -0.05) is 58.1 Å². The van der Waals surface area contributed by atoms with Gasteiger partial charge in [-0.15, -0.1) is 0 Å². The number of nitrogens with one attached hydrogen (secondary N) is 1. The number of unbranched alkanes of at least 4 members (excludes halogenated alkanes) is 4. The van der Waals surface area contributed by atoms with Gasteiger partial charge in [-0.2, -0.15) is 0 Å². The van der Waals surface area contributed by atoms with E-state index in [1.807, 2.05) is 0 Å². The van der Waals surface area contributed by atoms with E-state index in [0.29, 0.717) is 6.04 Å². The van der Waals surface area contributed by atoms with Gasteiger partial charge in [0.1, 0.15) is 5.75 Å². The summed E-state index contributed by atoms with van der Waals surface area (Å²) in [7, 11) is 0. The zero-order valence-corrected chi connectivity index (χ0v) is 14.2. The SMILES string of the molecule is CCCCCOc1ccc(CNC(C)CCCCC)cc1. The van der Waals surface area contributed by atoms with Crippen molar-refractivity contribution >= 4 is 0 Å². The van der Waals surface area contributed by atoms with E-state index in [0.717, 1.165) is 25.3 Å². The molecule has 0 amide bonds. The first-order valence-electron chi connectivity index (χ1n) is 8.71. The third kappa shape index (κ3) is 8.77. The fraction of sp³-hybridized carbons (Fsp3) is 0.684. The van der Waals surface area contributed by atoms with Crippen molar-refractivity contribution in [2.75, 3.05) is 6.61 Å². The molecule has 0 spiro atoms. The van der Waals surface area contributed by atoms with Crippen LogP contribution in [0.2, 0.25) is 0 Å². The summed E-state index contributed by atoms with van der Waals surface area (Å²) in [4.78, 5) is 0. The van der Waals surface area contributed by atoms with Crippen molar-refractivity contribution in [1.29, 1.82) is 0 Å². The van der Waals surface area contributed by atoms with Crippen molar-refractivity contribution in [3.8, 4) is 5.75 Å². The fourth-order valence-corrected chi connectivity index (χ4v) is 2.34. The second-order valence-electron chi connectivity index (χ2n) is 5.98. The summed E-state index contributed by atoms with van der Waals surface area (Å²) in [6, 6.07) is 9.11. The molecule has 1 unspecified atom stereocenters. The van der Waals surface area contributed by atoms with Crippen LogP contribution in [-0.2, 0) is 6.54 Å². The first-order chi connectivity index (χ1) is 10.3. The highest BCUT2D eigenvalue weighted by atomic mass is 16.5. The predicted octanol–water partition coefficient (Wildman–Crippen LogP) is 5.31. The van der Waals surface area contributed by atoms with Gasteiger partial charge in [-0.3, -0.25) is 0 Å². The first-order valence-corrected chi connectivity index (χ1v) is 8.71. The minimum absolute atomic E-state index is 0.599. The first kappa shape index (κ1) is 18.0. The van der Waals surface area contributed by atoms with E-state index < -0.39 is 0 Å². The van der Waals surface area contributed by atoms with E-state index in [9.17, 15) is 0 Å². The van der Waals surface area contributed by atoms with Crippen LogP contribution in [0.1, 0.15) is 71.3 Å². The molecule has 2 nitrogen and oxygen atoms in total. The van der Waals surface area contributed by atoms with Crippen molar-refractivity contribution in [2.24, 2.45) is 0 Å². The molecule has 1 aromatic rings. The molecule has 2 heteroatoms. The number of hydrogen-bond donors (Lipinski definition) is 1. The van der Waals surface area contributed by atoms with Gasteiger partial charge in [0, 0.05) is 12.6 Å². The van der Waals surface area contributed by atoms with Crippen LogP contribution in [-0.4, -0.2) is 12.6 Å². The van der Waals surface area contributed by atoms with Crippen molar-refractivity contribution < 1.29 is 4.74 Å². The molecule has 1 rings (SSSR count). The lowest BCUT2D eigenvalue weighted by molar-refractivity contribution is 0.306. The van der Waals surface area contributed by atoms with Gasteiger partial charge in [-0.05, 0) is 37.5 Å². The smallest absolute Gasteiger partial charge is 0.119 e. The van der Waals surface area contributed by atoms with Crippen LogP contribution < -0.4 is 10.1 Å². The Morgan fingerprint density at radius 1 is 0.952 bits per heavy atom. The van der Waals surface area contributed by atoms with Gasteiger partial charge in [0.25, 0.3) is 0 Å². The highest BCUT2D eigenvalue weighted by molar-refractivity contribution is 5.27. The lowest BCUT2D eigenvalue weighted by atomic mass is 10.1. The molecular weight excluding hydrogens is 258 g/mol. The monoisotopic (exact) mass is 291 g/mol. The third-order valence-corrected chi connectivity index (χ3v) is 3.84. The quantitative estimate of drug-likeness (QED) is 0.527. The second kappa shape index (κ2) is 11.6. The maximum atomic E-state index is 5.73. The topological polar surface area (TPSA) is 21.3 Å². The average Bonchev–Trinajstić information content (AvgIpc) is 2.51. The standard InChI is InChI=1S/C19H33NO/c1-4-6-8-10-17(3)20-16-18-11-13-19(14-12-18)21-15-9-7-5-2/h11-14,17,20H,4-10,15-16H2,1-3H3. The summed E-state index contributed by atoms with van der Waals surface area (Å²) in [5.74, 6) is 0.992. The summed E-state index contributed by atoms with van der Waals surface area (Å²) in [5.41, 5.74) is 1.33. The number of rotatable bonds is 12. The molecule has 0 saturated heterocycles. The molecule has 0 fully saturated rings. The van der Waals surface area contributed by atoms with Crippen molar-refractivity contribution in [3.63, 3.8) is 0 Å². The van der Waals surface area contributed by atoms with Crippen molar-refractivity contribution in [2.45, 2.75) is 78.3 Å². The molecule has 0 heterocycles. The molecule has 1 aromatic carbocycles. The van der Waals surface area contributed by atoms with Gasteiger partial charge in [0.05, 0.1) is 6.61 Å². The maximum absolute atomic E-state index is 5.73. The van der Waals surface area contributed by atoms with Gasteiger partial charge < -0.3 is 10.1 Å². The molecule has 21 heavy (non-hydrogen) atoms. The Balaban J connectivity index is 2.21. The molecule has 0 aliphatic carbocycles. The number of ether oxygens (including phenoxy) is 1. The van der Waals surface area contributed by atoms with E-state index >= 15 is 0 Å². The third-order valence-electron chi connectivity index (χ3n) is 3.84. The molecule has 0 saturated carbocycles. The molecule has 1 atom stereocenters. The van der Waals surface area contributed by atoms with E-state index in [-0.39, 0.29) is 0 Å². The van der Waals surface area contributed by atoms with Gasteiger partial charge in [-0.25, -0.2) is 0 Å². The summed E-state index contributed by atoms with van der Waals surface area (Å²) < 4.78 is 5.73. The zero-order chi connectivity index (χ0) is 15.3. The van der Waals surface area contributed by atoms with Gasteiger partial charge >= 0.3 is 0 Å². The minimum Gasteiger partial charge on any atom is -0.494 e. The Hall–Kier alpha value is -1.02. The fourth-order valence-electron chi connectivity index (χ4n) is 2.34. The van der Waals surface area contributed by atoms with E-state index in [1.165, 1.54) is 44.1 Å². The molecule has 0 radical (unpaired) electrons. The molecule has 0 aromatic heterocycles. The maximum Gasteiger partial charge on any atom is 0.119 e. The van der Waals surface area contributed by atoms with Crippen LogP contribution in [0.25, 0.3) is 0 Å². The minimum atomic E-state index is 0.599. The Bertz CT molecular complexity index is 347. The van der Waals surface area contributed by atoms with Crippen LogP contribution >= 0.6 is 0 Å². The summed E-state index contributed by atoms with van der Waals surface area (Å²) in [6.45, 7) is 8.53. The van der Waals surface area contributed by atoms with E-state index in [4.69, 9.17) is 4.74 Å².